The van der Waals surface area contributed by atoms with Gasteiger partial charge in [0, 0.05) is 20.1 Å². The topological polar surface area (TPSA) is 49.9 Å². The fraction of sp³-hybridized carbons (Fsp3) is 0.467. The van der Waals surface area contributed by atoms with Crippen LogP contribution in [-0.4, -0.2) is 54.4 Å². The molecule has 1 atom stereocenters. The van der Waals surface area contributed by atoms with Crippen LogP contribution in [0.1, 0.15) is 12.5 Å². The summed E-state index contributed by atoms with van der Waals surface area (Å²) >= 11 is 0. The highest BCUT2D eigenvalue weighted by atomic mass is 16.5. The summed E-state index contributed by atoms with van der Waals surface area (Å²) in [6.07, 6.45) is 0. The van der Waals surface area contributed by atoms with Gasteiger partial charge in [0.25, 0.3) is 5.91 Å². The second-order valence-corrected chi connectivity index (χ2v) is 5.08. The molecule has 0 N–H and O–H groups in total. The Bertz CT molecular complexity index is 516. The van der Waals surface area contributed by atoms with Crippen LogP contribution < -0.4 is 4.74 Å². The molecule has 0 spiro atoms. The van der Waals surface area contributed by atoms with Gasteiger partial charge in [0.2, 0.25) is 5.91 Å². The van der Waals surface area contributed by atoms with E-state index in [4.69, 9.17) is 4.74 Å². The quantitative estimate of drug-likeness (QED) is 0.829. The molecular formula is C15H20N2O3. The van der Waals surface area contributed by atoms with Gasteiger partial charge in [-0.1, -0.05) is 18.2 Å². The number of nitrogens with zero attached hydrogens (tertiary/aromatic N) is 2. The van der Waals surface area contributed by atoms with Gasteiger partial charge in [0.1, 0.15) is 11.8 Å². The molecule has 0 aromatic heterocycles. The van der Waals surface area contributed by atoms with Crippen molar-refractivity contribution in [2.24, 2.45) is 0 Å². The molecule has 0 radical (unpaired) electrons. The Morgan fingerprint density at radius 3 is 2.75 bits per heavy atom. The van der Waals surface area contributed by atoms with Crippen LogP contribution >= 0.6 is 0 Å². The monoisotopic (exact) mass is 276 g/mol. The second-order valence-electron chi connectivity index (χ2n) is 5.08. The van der Waals surface area contributed by atoms with Crippen molar-refractivity contribution in [3.05, 3.63) is 29.8 Å². The SMILES string of the molecule is Cc1ccccc1OCC(=O)N1CCN(C)C(=O)C1C. The van der Waals surface area contributed by atoms with Crippen LogP contribution in [0.4, 0.5) is 0 Å². The number of benzene rings is 1. The predicted molar refractivity (Wildman–Crippen MR) is 75.5 cm³/mol. The van der Waals surface area contributed by atoms with Crippen molar-refractivity contribution in [2.45, 2.75) is 19.9 Å². The Kier molecular flexibility index (Phi) is 4.27. The lowest BCUT2D eigenvalue weighted by Gasteiger charge is -2.37. The van der Waals surface area contributed by atoms with Crippen molar-refractivity contribution < 1.29 is 14.3 Å². The molecule has 0 saturated carbocycles. The third-order valence-electron chi connectivity index (χ3n) is 3.64. The molecule has 1 heterocycles. The third kappa shape index (κ3) is 2.92. The number of ether oxygens (including phenoxy) is 1. The lowest BCUT2D eigenvalue weighted by molar-refractivity contribution is -0.150. The van der Waals surface area contributed by atoms with Gasteiger partial charge in [-0.2, -0.15) is 0 Å². The van der Waals surface area contributed by atoms with E-state index in [9.17, 15) is 9.59 Å². The molecule has 1 unspecified atom stereocenters. The number of rotatable bonds is 3. The molecule has 1 saturated heterocycles. The Morgan fingerprint density at radius 1 is 1.35 bits per heavy atom. The minimum atomic E-state index is -0.415. The molecule has 1 aliphatic rings. The van der Waals surface area contributed by atoms with Crippen molar-refractivity contribution in [3.8, 4) is 5.75 Å². The van der Waals surface area contributed by atoms with Crippen LogP contribution in [0, 0.1) is 6.92 Å². The molecular weight excluding hydrogens is 256 g/mol. The van der Waals surface area contributed by atoms with Crippen LogP contribution in [0.25, 0.3) is 0 Å². The normalized spacial score (nSPS) is 19.1. The Balaban J connectivity index is 1.95. The van der Waals surface area contributed by atoms with E-state index in [0.717, 1.165) is 5.56 Å². The molecule has 5 heteroatoms. The van der Waals surface area contributed by atoms with Crippen molar-refractivity contribution in [2.75, 3.05) is 26.7 Å². The zero-order valence-electron chi connectivity index (χ0n) is 12.1. The van der Waals surface area contributed by atoms with Gasteiger partial charge in [-0.15, -0.1) is 0 Å². The largest absolute Gasteiger partial charge is 0.484 e. The van der Waals surface area contributed by atoms with E-state index >= 15 is 0 Å². The molecule has 5 nitrogen and oxygen atoms in total. The molecule has 1 fully saturated rings. The first-order valence-electron chi connectivity index (χ1n) is 6.73. The second kappa shape index (κ2) is 5.94. The average molecular weight is 276 g/mol. The fourth-order valence-electron chi connectivity index (χ4n) is 2.30. The summed E-state index contributed by atoms with van der Waals surface area (Å²) in [5.74, 6) is 0.525. The maximum atomic E-state index is 12.2. The first-order valence-corrected chi connectivity index (χ1v) is 6.73. The van der Waals surface area contributed by atoms with E-state index in [2.05, 4.69) is 0 Å². The molecule has 108 valence electrons. The number of hydrogen-bond acceptors (Lipinski definition) is 3. The summed E-state index contributed by atoms with van der Waals surface area (Å²) in [6.45, 7) is 4.77. The maximum absolute atomic E-state index is 12.2. The number of hydrogen-bond donors (Lipinski definition) is 0. The summed E-state index contributed by atoms with van der Waals surface area (Å²) < 4.78 is 5.55. The van der Waals surface area contributed by atoms with Crippen LogP contribution in [0.2, 0.25) is 0 Å². The lowest BCUT2D eigenvalue weighted by Crippen LogP contribution is -2.57. The molecule has 2 amide bonds. The number of para-hydroxylation sites is 1. The highest BCUT2D eigenvalue weighted by Crippen LogP contribution is 2.17. The van der Waals surface area contributed by atoms with Crippen LogP contribution in [0.15, 0.2) is 24.3 Å². The highest BCUT2D eigenvalue weighted by molar-refractivity contribution is 5.88. The summed E-state index contributed by atoms with van der Waals surface area (Å²) in [5.41, 5.74) is 0.989. The number of piperazine rings is 1. The molecule has 0 aliphatic carbocycles. The summed E-state index contributed by atoms with van der Waals surface area (Å²) in [6, 6.07) is 7.14. The smallest absolute Gasteiger partial charge is 0.261 e. The molecule has 1 aliphatic heterocycles. The lowest BCUT2D eigenvalue weighted by atomic mass is 10.2. The van der Waals surface area contributed by atoms with Gasteiger partial charge < -0.3 is 14.5 Å². The molecule has 1 aromatic rings. The number of aryl methyl sites for hydroxylation is 1. The molecule has 2 rings (SSSR count). The minimum Gasteiger partial charge on any atom is -0.484 e. The third-order valence-corrected chi connectivity index (χ3v) is 3.64. The number of likely N-dealkylation sites (N-methyl/N-ethyl adjacent to an activating group) is 1. The molecule has 1 aromatic carbocycles. The van der Waals surface area contributed by atoms with E-state index in [1.54, 1.807) is 23.8 Å². The van der Waals surface area contributed by atoms with Gasteiger partial charge in [-0.05, 0) is 25.5 Å². The van der Waals surface area contributed by atoms with Gasteiger partial charge in [-0.3, -0.25) is 9.59 Å². The van der Waals surface area contributed by atoms with Gasteiger partial charge in [-0.25, -0.2) is 0 Å². The number of carbonyl (C=O) groups excluding carboxylic acids is 2. The van der Waals surface area contributed by atoms with Crippen LogP contribution in [0.5, 0.6) is 5.75 Å². The number of carbonyl (C=O) groups is 2. The molecule has 0 bridgehead atoms. The average Bonchev–Trinajstić information content (AvgIpc) is 2.44. The van der Waals surface area contributed by atoms with Crippen molar-refractivity contribution in [1.82, 2.24) is 9.80 Å². The van der Waals surface area contributed by atoms with Crippen molar-refractivity contribution in [3.63, 3.8) is 0 Å². The Labute approximate surface area is 119 Å². The van der Waals surface area contributed by atoms with Gasteiger partial charge in [0.15, 0.2) is 6.61 Å². The fourth-order valence-corrected chi connectivity index (χ4v) is 2.30. The predicted octanol–water partition coefficient (Wildman–Crippen LogP) is 1.06. The van der Waals surface area contributed by atoms with E-state index in [0.29, 0.717) is 18.8 Å². The summed E-state index contributed by atoms with van der Waals surface area (Å²) in [5, 5.41) is 0. The summed E-state index contributed by atoms with van der Waals surface area (Å²) in [4.78, 5) is 27.3. The Hall–Kier alpha value is -2.04. The van der Waals surface area contributed by atoms with E-state index < -0.39 is 6.04 Å². The van der Waals surface area contributed by atoms with E-state index in [-0.39, 0.29) is 18.4 Å². The number of amides is 2. The molecule has 20 heavy (non-hydrogen) atoms. The Morgan fingerprint density at radius 2 is 2.05 bits per heavy atom. The zero-order valence-corrected chi connectivity index (χ0v) is 12.1. The van der Waals surface area contributed by atoms with Gasteiger partial charge in [0.05, 0.1) is 0 Å². The van der Waals surface area contributed by atoms with E-state index in [1.165, 1.54) is 0 Å². The highest BCUT2D eigenvalue weighted by Gasteiger charge is 2.32. The first-order chi connectivity index (χ1) is 9.50. The van der Waals surface area contributed by atoms with E-state index in [1.807, 2.05) is 31.2 Å². The van der Waals surface area contributed by atoms with Crippen LogP contribution in [-0.2, 0) is 9.59 Å². The standard InChI is InChI=1S/C15H20N2O3/c1-11-6-4-5-7-13(11)20-10-14(18)17-9-8-16(3)15(19)12(17)2/h4-7,12H,8-10H2,1-3H3. The van der Waals surface area contributed by atoms with Crippen LogP contribution in [0.3, 0.4) is 0 Å². The maximum Gasteiger partial charge on any atom is 0.261 e. The first kappa shape index (κ1) is 14.4. The minimum absolute atomic E-state index is 0.0273. The van der Waals surface area contributed by atoms with Crippen molar-refractivity contribution in [1.29, 1.82) is 0 Å². The summed E-state index contributed by atoms with van der Waals surface area (Å²) in [7, 11) is 1.75. The van der Waals surface area contributed by atoms with Gasteiger partial charge >= 0.3 is 0 Å². The van der Waals surface area contributed by atoms with Crippen molar-refractivity contribution >= 4 is 11.8 Å². The zero-order chi connectivity index (χ0) is 14.7.